The number of hydrogen-bond donors (Lipinski definition) is 2. The number of aliphatic hydroxyl groups excluding tert-OH is 1. The summed E-state index contributed by atoms with van der Waals surface area (Å²) < 4.78 is 5.23. The van der Waals surface area contributed by atoms with Crippen LogP contribution in [0.15, 0.2) is 12.1 Å². The van der Waals surface area contributed by atoms with Crippen LogP contribution in [-0.2, 0) is 10.2 Å². The van der Waals surface area contributed by atoms with Gasteiger partial charge in [-0.25, -0.2) is 0 Å². The minimum absolute atomic E-state index is 0.437. The summed E-state index contributed by atoms with van der Waals surface area (Å²) in [5.41, 5.74) is 1.04. The Morgan fingerprint density at radius 3 is 2.12 bits per heavy atom. The molecular formula is C13H18O4. The summed E-state index contributed by atoms with van der Waals surface area (Å²) in [4.78, 5) is 11.2. The molecule has 4 heteroatoms. The third kappa shape index (κ3) is 2.26. The zero-order chi connectivity index (χ0) is 13.2. The van der Waals surface area contributed by atoms with E-state index in [1.165, 1.54) is 6.92 Å². The molecule has 2 N–H and O–H groups in total. The van der Waals surface area contributed by atoms with Gasteiger partial charge < -0.3 is 14.9 Å². The second-order valence-corrected chi connectivity index (χ2v) is 4.44. The van der Waals surface area contributed by atoms with E-state index in [4.69, 9.17) is 4.74 Å². The van der Waals surface area contributed by atoms with E-state index in [0.29, 0.717) is 5.56 Å². The van der Waals surface area contributed by atoms with Crippen molar-refractivity contribution in [1.29, 1.82) is 0 Å². The van der Waals surface area contributed by atoms with Crippen LogP contribution in [0.5, 0.6) is 5.75 Å². The van der Waals surface area contributed by atoms with Gasteiger partial charge in [-0.15, -0.1) is 0 Å². The molecule has 4 nitrogen and oxygen atoms in total. The van der Waals surface area contributed by atoms with E-state index < -0.39 is 18.0 Å². The number of rotatable bonds is 4. The van der Waals surface area contributed by atoms with Crippen LogP contribution in [0.25, 0.3) is 0 Å². The van der Waals surface area contributed by atoms with Gasteiger partial charge in [-0.1, -0.05) is 12.1 Å². The minimum atomic E-state index is -1.28. The molecule has 0 fully saturated rings. The van der Waals surface area contributed by atoms with Crippen molar-refractivity contribution < 1.29 is 19.7 Å². The fourth-order valence-electron chi connectivity index (χ4n) is 1.87. The first-order valence-corrected chi connectivity index (χ1v) is 5.36. The van der Waals surface area contributed by atoms with E-state index in [1.54, 1.807) is 19.2 Å². The van der Waals surface area contributed by atoms with Crippen molar-refractivity contribution in [1.82, 2.24) is 0 Å². The summed E-state index contributed by atoms with van der Waals surface area (Å²) in [6, 6.07) is 3.49. The lowest BCUT2D eigenvalue weighted by Gasteiger charge is -2.24. The number of hydrogen-bond acceptors (Lipinski definition) is 3. The SMILES string of the molecule is COc1c(C)cc(C(C)(CO)C(=O)O)cc1C. The average Bonchev–Trinajstić information content (AvgIpc) is 2.27. The van der Waals surface area contributed by atoms with Gasteiger partial charge in [0.15, 0.2) is 0 Å². The highest BCUT2D eigenvalue weighted by Crippen LogP contribution is 2.31. The Morgan fingerprint density at radius 2 is 1.82 bits per heavy atom. The van der Waals surface area contributed by atoms with Gasteiger partial charge in [-0.05, 0) is 37.5 Å². The number of carbonyl (C=O) groups is 1. The number of aliphatic carboxylic acids is 1. The number of carboxylic acid groups (broad SMARTS) is 1. The highest BCUT2D eigenvalue weighted by atomic mass is 16.5. The fraction of sp³-hybridized carbons (Fsp3) is 0.462. The average molecular weight is 238 g/mol. The third-order valence-corrected chi connectivity index (χ3v) is 3.09. The molecule has 17 heavy (non-hydrogen) atoms. The van der Waals surface area contributed by atoms with Crippen LogP contribution in [0.3, 0.4) is 0 Å². The van der Waals surface area contributed by atoms with Crippen molar-refractivity contribution in [2.24, 2.45) is 0 Å². The van der Waals surface area contributed by atoms with Gasteiger partial charge in [0.05, 0.1) is 13.7 Å². The molecule has 1 aromatic carbocycles. The number of ether oxygens (including phenoxy) is 1. The van der Waals surface area contributed by atoms with Crippen molar-refractivity contribution in [2.45, 2.75) is 26.2 Å². The van der Waals surface area contributed by atoms with Gasteiger partial charge in [-0.2, -0.15) is 0 Å². The molecule has 1 unspecified atom stereocenters. The minimum Gasteiger partial charge on any atom is -0.496 e. The Kier molecular flexibility index (Phi) is 3.78. The van der Waals surface area contributed by atoms with Crippen molar-refractivity contribution in [2.75, 3.05) is 13.7 Å². The summed E-state index contributed by atoms with van der Waals surface area (Å²) in [5.74, 6) is -0.289. The van der Waals surface area contributed by atoms with Gasteiger partial charge in [0.1, 0.15) is 11.2 Å². The summed E-state index contributed by atoms with van der Waals surface area (Å²) in [6.07, 6.45) is 0. The first-order valence-electron chi connectivity index (χ1n) is 5.36. The number of carboxylic acids is 1. The first-order chi connectivity index (χ1) is 7.86. The molecule has 1 rings (SSSR count). The lowest BCUT2D eigenvalue weighted by Crippen LogP contribution is -2.36. The first kappa shape index (κ1) is 13.5. The van der Waals surface area contributed by atoms with Gasteiger partial charge >= 0.3 is 5.97 Å². The summed E-state index contributed by atoms with van der Waals surface area (Å²) >= 11 is 0. The van der Waals surface area contributed by atoms with Crippen LogP contribution in [0, 0.1) is 13.8 Å². The summed E-state index contributed by atoms with van der Waals surface area (Å²) in [5, 5.41) is 18.5. The second kappa shape index (κ2) is 4.75. The Morgan fingerprint density at radius 1 is 1.35 bits per heavy atom. The molecule has 0 heterocycles. The van der Waals surface area contributed by atoms with Crippen LogP contribution >= 0.6 is 0 Å². The van der Waals surface area contributed by atoms with Crippen molar-refractivity contribution >= 4 is 5.97 Å². The predicted octanol–water partition coefficient (Wildman–Crippen LogP) is 1.65. The lowest BCUT2D eigenvalue weighted by atomic mass is 9.82. The fourth-order valence-corrected chi connectivity index (χ4v) is 1.87. The number of aliphatic hydroxyl groups is 1. The van der Waals surface area contributed by atoms with Crippen LogP contribution < -0.4 is 4.74 Å². The van der Waals surface area contributed by atoms with Crippen molar-refractivity contribution in [3.8, 4) is 5.75 Å². The molecule has 0 amide bonds. The van der Waals surface area contributed by atoms with E-state index in [-0.39, 0.29) is 0 Å². The monoisotopic (exact) mass is 238 g/mol. The Balaban J connectivity index is 3.38. The maximum Gasteiger partial charge on any atom is 0.316 e. The lowest BCUT2D eigenvalue weighted by molar-refractivity contribution is -0.144. The Hall–Kier alpha value is -1.55. The second-order valence-electron chi connectivity index (χ2n) is 4.44. The third-order valence-electron chi connectivity index (χ3n) is 3.09. The van der Waals surface area contributed by atoms with E-state index in [1.807, 2.05) is 13.8 Å². The summed E-state index contributed by atoms with van der Waals surface area (Å²) in [7, 11) is 1.58. The maximum atomic E-state index is 11.2. The molecule has 0 saturated heterocycles. The molecule has 0 aliphatic heterocycles. The van der Waals surface area contributed by atoms with Crippen LogP contribution in [0.1, 0.15) is 23.6 Å². The number of methoxy groups -OCH3 is 1. The summed E-state index contributed by atoms with van der Waals surface area (Å²) in [6.45, 7) is 4.79. The molecule has 0 saturated carbocycles. The molecule has 1 atom stereocenters. The van der Waals surface area contributed by atoms with Gasteiger partial charge in [0.2, 0.25) is 0 Å². The maximum absolute atomic E-state index is 11.2. The molecule has 94 valence electrons. The zero-order valence-electron chi connectivity index (χ0n) is 10.6. The van der Waals surface area contributed by atoms with E-state index >= 15 is 0 Å². The smallest absolute Gasteiger partial charge is 0.316 e. The molecule has 0 aromatic heterocycles. The normalized spacial score (nSPS) is 14.2. The largest absolute Gasteiger partial charge is 0.496 e. The molecule has 0 aliphatic carbocycles. The van der Waals surface area contributed by atoms with Crippen LogP contribution in [0.4, 0.5) is 0 Å². The molecular weight excluding hydrogens is 220 g/mol. The highest BCUT2D eigenvalue weighted by molar-refractivity contribution is 5.81. The highest BCUT2D eigenvalue weighted by Gasteiger charge is 2.35. The van der Waals surface area contributed by atoms with Gasteiger partial charge in [0.25, 0.3) is 0 Å². The molecule has 1 aromatic rings. The topological polar surface area (TPSA) is 66.8 Å². The molecule has 0 aliphatic rings. The van der Waals surface area contributed by atoms with Crippen LogP contribution in [0.2, 0.25) is 0 Å². The van der Waals surface area contributed by atoms with Crippen LogP contribution in [-0.4, -0.2) is 29.9 Å². The molecule has 0 radical (unpaired) electrons. The van der Waals surface area contributed by atoms with E-state index in [2.05, 4.69) is 0 Å². The molecule has 0 bridgehead atoms. The molecule has 0 spiro atoms. The predicted molar refractivity (Wildman–Crippen MR) is 64.5 cm³/mol. The Bertz CT molecular complexity index is 416. The van der Waals surface area contributed by atoms with E-state index in [0.717, 1.165) is 16.9 Å². The van der Waals surface area contributed by atoms with Crippen molar-refractivity contribution in [3.63, 3.8) is 0 Å². The Labute approximate surface area is 101 Å². The van der Waals surface area contributed by atoms with Gasteiger partial charge in [0, 0.05) is 0 Å². The number of aryl methyl sites for hydroxylation is 2. The number of benzene rings is 1. The quantitative estimate of drug-likeness (QED) is 0.837. The van der Waals surface area contributed by atoms with Gasteiger partial charge in [-0.3, -0.25) is 4.79 Å². The van der Waals surface area contributed by atoms with Crippen molar-refractivity contribution in [3.05, 3.63) is 28.8 Å². The van der Waals surface area contributed by atoms with E-state index in [9.17, 15) is 15.0 Å². The standard InChI is InChI=1S/C13H18O4/c1-8-5-10(6-9(2)11(8)17-4)13(3,7-14)12(15)16/h5-6,14H,7H2,1-4H3,(H,15,16). The zero-order valence-corrected chi connectivity index (χ0v) is 10.6.